The van der Waals surface area contributed by atoms with Gasteiger partial charge in [-0.2, -0.15) is 0 Å². The quantitative estimate of drug-likeness (QED) is 0.920. The maximum absolute atomic E-state index is 11.2. The lowest BCUT2D eigenvalue weighted by Crippen LogP contribution is -2.16. The summed E-state index contributed by atoms with van der Waals surface area (Å²) in [5.41, 5.74) is 3.24. The van der Waals surface area contributed by atoms with Crippen LogP contribution in [0.5, 0.6) is 0 Å². The lowest BCUT2D eigenvalue weighted by atomic mass is 10.0. The molecule has 0 saturated heterocycles. The lowest BCUT2D eigenvalue weighted by molar-refractivity contribution is 0.321. The predicted octanol–water partition coefficient (Wildman–Crippen LogP) is 2.74. The van der Waals surface area contributed by atoms with Gasteiger partial charge in [0.1, 0.15) is 5.82 Å². The summed E-state index contributed by atoms with van der Waals surface area (Å²) in [5.74, 6) is 0.323. The molecule has 6 heteroatoms. The van der Waals surface area contributed by atoms with Gasteiger partial charge in [-0.15, -0.1) is 0 Å². The Bertz CT molecular complexity index is 723. The molecule has 1 heterocycles. The number of nitrogens with one attached hydrogen (secondary N) is 1. The molecule has 0 amide bonds. The molecule has 0 bridgehead atoms. The highest BCUT2D eigenvalue weighted by Gasteiger charge is 2.08. The van der Waals surface area contributed by atoms with E-state index in [0.717, 1.165) is 17.4 Å². The Morgan fingerprint density at radius 2 is 1.64 bits per heavy atom. The van der Waals surface area contributed by atoms with Gasteiger partial charge in [0.15, 0.2) is 0 Å². The van der Waals surface area contributed by atoms with Crippen molar-refractivity contribution in [3.63, 3.8) is 0 Å². The maximum atomic E-state index is 11.2. The molecule has 0 fully saturated rings. The number of rotatable bonds is 5. The molecule has 0 aliphatic rings. The van der Waals surface area contributed by atoms with E-state index in [9.17, 15) is 8.42 Å². The summed E-state index contributed by atoms with van der Waals surface area (Å²) >= 11 is 0. The molecule has 0 radical (unpaired) electrons. The van der Waals surface area contributed by atoms with Crippen LogP contribution >= 0.6 is 0 Å². The first-order chi connectivity index (χ1) is 10.3. The molecule has 1 atom stereocenters. The molecule has 0 saturated carbocycles. The monoisotopic (exact) mass is 319 g/mol. The van der Waals surface area contributed by atoms with Crippen LogP contribution in [0.15, 0.2) is 42.6 Å². The minimum absolute atomic E-state index is 0.323. The van der Waals surface area contributed by atoms with Crippen LogP contribution in [0.3, 0.4) is 0 Å². The molecule has 1 unspecified atom stereocenters. The number of nitrogens with zero attached hydrogens (tertiary/aromatic N) is 2. The van der Waals surface area contributed by atoms with Crippen molar-refractivity contribution in [2.75, 3.05) is 25.1 Å². The van der Waals surface area contributed by atoms with Crippen molar-refractivity contribution in [2.45, 2.75) is 13.0 Å². The molecule has 1 aromatic carbocycles. The molecular weight excluding hydrogens is 298 g/mol. The van der Waals surface area contributed by atoms with E-state index in [1.165, 1.54) is 5.56 Å². The lowest BCUT2D eigenvalue weighted by Gasteiger charge is -2.20. The summed E-state index contributed by atoms with van der Waals surface area (Å²) in [5, 5.41) is 0. The van der Waals surface area contributed by atoms with E-state index in [-0.39, 0.29) is 0 Å². The molecule has 0 aliphatic carbocycles. The highest BCUT2D eigenvalue weighted by Crippen LogP contribution is 2.24. The number of sulfonamides is 1. The number of benzene rings is 1. The van der Waals surface area contributed by atoms with Gasteiger partial charge in [0.2, 0.25) is 10.0 Å². The standard InChI is InChI=1S/C16H21N3O2S/c1-12(19(2)3)13-5-7-14(8-6-13)15-9-10-16(17-11-15)18-22(4,20)21/h5-12H,1-4H3,(H,17,18). The number of hydrogen-bond donors (Lipinski definition) is 1. The van der Waals surface area contributed by atoms with E-state index < -0.39 is 10.0 Å². The van der Waals surface area contributed by atoms with Crippen LogP contribution in [0, 0.1) is 0 Å². The zero-order valence-corrected chi connectivity index (χ0v) is 14.1. The van der Waals surface area contributed by atoms with E-state index in [1.807, 2.05) is 6.07 Å². The third-order valence-electron chi connectivity index (χ3n) is 3.55. The Balaban J connectivity index is 2.18. The summed E-state index contributed by atoms with van der Waals surface area (Å²) in [6.45, 7) is 2.15. The highest BCUT2D eigenvalue weighted by molar-refractivity contribution is 7.92. The van der Waals surface area contributed by atoms with Gasteiger partial charge < -0.3 is 4.90 Å². The molecule has 5 nitrogen and oxygen atoms in total. The number of anilines is 1. The smallest absolute Gasteiger partial charge is 0.230 e. The van der Waals surface area contributed by atoms with Crippen LogP contribution in [0.4, 0.5) is 5.82 Å². The Morgan fingerprint density at radius 3 is 2.09 bits per heavy atom. The van der Waals surface area contributed by atoms with Crippen molar-refractivity contribution >= 4 is 15.8 Å². The van der Waals surface area contributed by atoms with Gasteiger partial charge in [0.25, 0.3) is 0 Å². The van der Waals surface area contributed by atoms with E-state index >= 15 is 0 Å². The molecule has 2 aromatic rings. The van der Waals surface area contributed by atoms with Gasteiger partial charge in [-0.1, -0.05) is 24.3 Å². The zero-order chi connectivity index (χ0) is 16.3. The molecule has 2 rings (SSSR count). The number of hydrogen-bond acceptors (Lipinski definition) is 4. The Morgan fingerprint density at radius 1 is 1.05 bits per heavy atom. The summed E-state index contributed by atoms with van der Waals surface area (Å²) in [6.07, 6.45) is 2.77. The molecule has 0 spiro atoms. The van der Waals surface area contributed by atoms with Crippen LogP contribution in [0.1, 0.15) is 18.5 Å². The van der Waals surface area contributed by atoms with Crippen molar-refractivity contribution in [1.82, 2.24) is 9.88 Å². The molecular formula is C16H21N3O2S. The second-order valence-electron chi connectivity index (χ2n) is 5.57. The predicted molar refractivity (Wildman–Crippen MR) is 90.2 cm³/mol. The topological polar surface area (TPSA) is 62.3 Å². The minimum atomic E-state index is -3.30. The molecule has 1 aromatic heterocycles. The van der Waals surface area contributed by atoms with E-state index in [0.29, 0.717) is 11.9 Å². The van der Waals surface area contributed by atoms with Crippen LogP contribution in [-0.4, -0.2) is 38.7 Å². The van der Waals surface area contributed by atoms with Gasteiger partial charge in [0, 0.05) is 17.8 Å². The van der Waals surface area contributed by atoms with E-state index in [1.54, 1.807) is 12.3 Å². The largest absolute Gasteiger partial charge is 0.303 e. The van der Waals surface area contributed by atoms with Crippen molar-refractivity contribution in [3.05, 3.63) is 48.2 Å². The Hall–Kier alpha value is -1.92. The molecule has 118 valence electrons. The first kappa shape index (κ1) is 16.5. The van der Waals surface area contributed by atoms with Crippen molar-refractivity contribution < 1.29 is 8.42 Å². The fourth-order valence-electron chi connectivity index (χ4n) is 2.07. The van der Waals surface area contributed by atoms with E-state index in [4.69, 9.17) is 0 Å². The van der Waals surface area contributed by atoms with Crippen LogP contribution in [-0.2, 0) is 10.0 Å². The van der Waals surface area contributed by atoms with Crippen molar-refractivity contribution in [1.29, 1.82) is 0 Å². The normalized spacial score (nSPS) is 13.1. The molecule has 22 heavy (non-hydrogen) atoms. The number of pyridine rings is 1. The van der Waals surface area contributed by atoms with Crippen LogP contribution < -0.4 is 4.72 Å². The minimum Gasteiger partial charge on any atom is -0.303 e. The second kappa shape index (κ2) is 6.46. The first-order valence-electron chi connectivity index (χ1n) is 6.97. The van der Waals surface area contributed by atoms with Gasteiger partial charge in [-0.05, 0) is 44.3 Å². The molecule has 1 N–H and O–H groups in total. The third kappa shape index (κ3) is 4.29. The van der Waals surface area contributed by atoms with E-state index in [2.05, 4.69) is 59.9 Å². The second-order valence-corrected chi connectivity index (χ2v) is 7.32. The van der Waals surface area contributed by atoms with Crippen LogP contribution in [0.2, 0.25) is 0 Å². The average Bonchev–Trinajstić information content (AvgIpc) is 2.46. The van der Waals surface area contributed by atoms with Crippen molar-refractivity contribution in [3.8, 4) is 11.1 Å². The summed E-state index contributed by atoms with van der Waals surface area (Å²) < 4.78 is 24.7. The van der Waals surface area contributed by atoms with Gasteiger partial charge in [-0.3, -0.25) is 4.72 Å². The molecule has 0 aliphatic heterocycles. The fraction of sp³-hybridized carbons (Fsp3) is 0.312. The van der Waals surface area contributed by atoms with Crippen molar-refractivity contribution in [2.24, 2.45) is 0 Å². The maximum Gasteiger partial charge on any atom is 0.230 e. The Kier molecular flexibility index (Phi) is 4.83. The zero-order valence-electron chi connectivity index (χ0n) is 13.2. The van der Waals surface area contributed by atoms with Crippen LogP contribution in [0.25, 0.3) is 11.1 Å². The fourth-order valence-corrected chi connectivity index (χ4v) is 2.57. The van der Waals surface area contributed by atoms with Gasteiger partial charge in [0.05, 0.1) is 6.26 Å². The highest BCUT2D eigenvalue weighted by atomic mass is 32.2. The summed E-state index contributed by atoms with van der Waals surface area (Å²) in [4.78, 5) is 6.28. The number of aromatic nitrogens is 1. The summed E-state index contributed by atoms with van der Waals surface area (Å²) in [6, 6.07) is 12.2. The summed E-state index contributed by atoms with van der Waals surface area (Å²) in [7, 11) is 0.808. The average molecular weight is 319 g/mol. The van der Waals surface area contributed by atoms with Gasteiger partial charge >= 0.3 is 0 Å². The SMILES string of the molecule is CC(c1ccc(-c2ccc(NS(C)(=O)=O)nc2)cc1)N(C)C. The van der Waals surface area contributed by atoms with Gasteiger partial charge in [-0.25, -0.2) is 13.4 Å². The first-order valence-corrected chi connectivity index (χ1v) is 8.86. The Labute approximate surface area is 132 Å². The third-order valence-corrected chi connectivity index (χ3v) is 4.13.